The molecule has 1 rings (SSSR count). The maximum atomic E-state index is 12.7. The third-order valence-corrected chi connectivity index (χ3v) is 3.81. The molecule has 142 valence electrons. The number of anilines is 1. The highest BCUT2D eigenvalue weighted by atomic mass is 16.2. The fourth-order valence-corrected chi connectivity index (χ4v) is 2.74. The normalized spacial score (nSPS) is 10.4. The van der Waals surface area contributed by atoms with Gasteiger partial charge in [-0.15, -0.1) is 13.2 Å². The highest BCUT2D eigenvalue weighted by molar-refractivity contribution is 5.97. The van der Waals surface area contributed by atoms with Gasteiger partial charge < -0.3 is 10.2 Å². The molecule has 1 aromatic rings. The summed E-state index contributed by atoms with van der Waals surface area (Å²) in [6.45, 7) is 14.5. The Morgan fingerprint density at radius 1 is 1.08 bits per heavy atom. The molecule has 0 spiro atoms. The zero-order chi connectivity index (χ0) is 19.4. The van der Waals surface area contributed by atoms with Gasteiger partial charge in [0.2, 0.25) is 5.91 Å². The lowest BCUT2D eigenvalue weighted by atomic mass is 10.1. The van der Waals surface area contributed by atoms with Crippen molar-refractivity contribution in [2.45, 2.75) is 26.7 Å². The summed E-state index contributed by atoms with van der Waals surface area (Å²) in [5.74, 6) is -0.123. The molecular weight excluding hydrogens is 326 g/mol. The van der Waals surface area contributed by atoms with Crippen LogP contribution in [0, 0.1) is 0 Å². The van der Waals surface area contributed by atoms with E-state index in [9.17, 15) is 9.59 Å². The van der Waals surface area contributed by atoms with Crippen molar-refractivity contribution in [2.24, 2.45) is 0 Å². The van der Waals surface area contributed by atoms with Gasteiger partial charge in [-0.05, 0) is 31.0 Å². The van der Waals surface area contributed by atoms with E-state index in [0.29, 0.717) is 24.3 Å². The van der Waals surface area contributed by atoms with Crippen molar-refractivity contribution in [3.63, 3.8) is 0 Å². The smallest absolute Gasteiger partial charge is 0.253 e. The summed E-state index contributed by atoms with van der Waals surface area (Å²) in [6, 6.07) is 7.12. The van der Waals surface area contributed by atoms with E-state index in [1.807, 2.05) is 9.80 Å². The van der Waals surface area contributed by atoms with Crippen LogP contribution in [-0.4, -0.2) is 54.3 Å². The number of amides is 2. The SMILES string of the molecule is C=CCN(CC=C)CC(=O)Nc1cccc(C(=O)N(CCC)CCC)c1. The Morgan fingerprint density at radius 2 is 1.69 bits per heavy atom. The molecule has 0 saturated carbocycles. The molecule has 0 radical (unpaired) electrons. The number of hydrogen-bond acceptors (Lipinski definition) is 3. The lowest BCUT2D eigenvalue weighted by Gasteiger charge is -2.22. The second kappa shape index (κ2) is 12.0. The molecule has 0 aliphatic rings. The number of rotatable bonds is 12. The lowest BCUT2D eigenvalue weighted by Crippen LogP contribution is -2.34. The molecule has 1 aromatic carbocycles. The van der Waals surface area contributed by atoms with E-state index >= 15 is 0 Å². The van der Waals surface area contributed by atoms with Crippen LogP contribution in [0.1, 0.15) is 37.0 Å². The van der Waals surface area contributed by atoms with Gasteiger partial charge in [0.1, 0.15) is 0 Å². The quantitative estimate of drug-likeness (QED) is 0.582. The molecule has 26 heavy (non-hydrogen) atoms. The van der Waals surface area contributed by atoms with Crippen molar-refractivity contribution >= 4 is 17.5 Å². The molecule has 0 heterocycles. The minimum absolute atomic E-state index is 0.00439. The largest absolute Gasteiger partial charge is 0.339 e. The van der Waals surface area contributed by atoms with Gasteiger partial charge in [-0.25, -0.2) is 0 Å². The van der Waals surface area contributed by atoms with Gasteiger partial charge in [0.05, 0.1) is 6.54 Å². The first-order valence-corrected chi connectivity index (χ1v) is 9.19. The van der Waals surface area contributed by atoms with Gasteiger partial charge in [0.25, 0.3) is 5.91 Å². The number of carbonyl (C=O) groups excluding carboxylic acids is 2. The van der Waals surface area contributed by atoms with Crippen LogP contribution in [0.3, 0.4) is 0 Å². The summed E-state index contributed by atoms with van der Waals surface area (Å²) >= 11 is 0. The summed E-state index contributed by atoms with van der Waals surface area (Å²) in [4.78, 5) is 28.8. The molecule has 5 nitrogen and oxygen atoms in total. The second-order valence-corrected chi connectivity index (χ2v) is 6.19. The Labute approximate surface area is 157 Å². The lowest BCUT2D eigenvalue weighted by molar-refractivity contribution is -0.117. The Bertz CT molecular complexity index is 597. The maximum absolute atomic E-state index is 12.7. The molecule has 0 fully saturated rings. The van der Waals surface area contributed by atoms with Crippen molar-refractivity contribution in [1.29, 1.82) is 0 Å². The zero-order valence-electron chi connectivity index (χ0n) is 16.0. The topological polar surface area (TPSA) is 52.7 Å². The summed E-state index contributed by atoms with van der Waals surface area (Å²) in [5, 5.41) is 2.87. The van der Waals surface area contributed by atoms with Crippen molar-refractivity contribution in [2.75, 3.05) is 38.0 Å². The first-order valence-electron chi connectivity index (χ1n) is 9.19. The highest BCUT2D eigenvalue weighted by Crippen LogP contribution is 2.14. The van der Waals surface area contributed by atoms with E-state index in [1.165, 1.54) is 0 Å². The fraction of sp³-hybridized carbons (Fsp3) is 0.429. The first kappa shape index (κ1) is 21.6. The summed E-state index contributed by atoms with van der Waals surface area (Å²) in [7, 11) is 0. The van der Waals surface area contributed by atoms with Crippen LogP contribution in [0.2, 0.25) is 0 Å². The average Bonchev–Trinajstić information content (AvgIpc) is 2.61. The Morgan fingerprint density at radius 3 is 2.23 bits per heavy atom. The van der Waals surface area contributed by atoms with Crippen LogP contribution in [-0.2, 0) is 4.79 Å². The van der Waals surface area contributed by atoms with Crippen molar-refractivity contribution in [1.82, 2.24) is 9.80 Å². The predicted octanol–water partition coefficient (Wildman–Crippen LogP) is 3.56. The molecule has 5 heteroatoms. The Hall–Kier alpha value is -2.40. The highest BCUT2D eigenvalue weighted by Gasteiger charge is 2.15. The standard InChI is InChI=1S/C21H31N3O2/c1-5-12-23(13-6-2)17-20(25)22-19-11-9-10-18(16-19)21(26)24(14-7-3)15-8-4/h5-6,9-11,16H,1-2,7-8,12-15,17H2,3-4H3,(H,22,25). The zero-order valence-corrected chi connectivity index (χ0v) is 16.0. The molecule has 0 aromatic heterocycles. The van der Waals surface area contributed by atoms with E-state index in [-0.39, 0.29) is 18.4 Å². The number of benzene rings is 1. The van der Waals surface area contributed by atoms with Gasteiger partial charge in [-0.3, -0.25) is 14.5 Å². The van der Waals surface area contributed by atoms with Gasteiger partial charge in [0.15, 0.2) is 0 Å². The van der Waals surface area contributed by atoms with Crippen molar-refractivity contribution < 1.29 is 9.59 Å². The van der Waals surface area contributed by atoms with E-state index in [2.05, 4.69) is 32.3 Å². The summed E-state index contributed by atoms with van der Waals surface area (Å²) in [6.07, 6.45) is 5.35. The van der Waals surface area contributed by atoms with E-state index in [4.69, 9.17) is 0 Å². The fourth-order valence-electron chi connectivity index (χ4n) is 2.74. The number of carbonyl (C=O) groups is 2. The molecule has 0 aliphatic carbocycles. The first-order chi connectivity index (χ1) is 12.5. The minimum atomic E-state index is -0.128. The van der Waals surface area contributed by atoms with Crippen LogP contribution < -0.4 is 5.32 Å². The summed E-state index contributed by atoms with van der Waals surface area (Å²) in [5.41, 5.74) is 1.23. The van der Waals surface area contributed by atoms with Crippen molar-refractivity contribution in [3.05, 3.63) is 55.1 Å². The van der Waals surface area contributed by atoms with Gasteiger partial charge in [-0.2, -0.15) is 0 Å². The van der Waals surface area contributed by atoms with E-state index in [0.717, 1.165) is 25.9 Å². The third kappa shape index (κ3) is 7.23. The monoisotopic (exact) mass is 357 g/mol. The van der Waals surface area contributed by atoms with Crippen LogP contribution in [0.4, 0.5) is 5.69 Å². The molecule has 0 atom stereocenters. The Kier molecular flexibility index (Phi) is 10.0. The maximum Gasteiger partial charge on any atom is 0.253 e. The predicted molar refractivity (Wildman–Crippen MR) is 108 cm³/mol. The molecule has 0 saturated heterocycles. The number of nitrogens with one attached hydrogen (secondary N) is 1. The molecule has 0 aliphatic heterocycles. The average molecular weight is 357 g/mol. The second-order valence-electron chi connectivity index (χ2n) is 6.19. The van der Waals surface area contributed by atoms with Gasteiger partial charge in [0, 0.05) is 37.4 Å². The van der Waals surface area contributed by atoms with Gasteiger partial charge in [-0.1, -0.05) is 32.1 Å². The van der Waals surface area contributed by atoms with Crippen LogP contribution in [0.5, 0.6) is 0 Å². The van der Waals surface area contributed by atoms with Crippen molar-refractivity contribution in [3.8, 4) is 0 Å². The summed E-state index contributed by atoms with van der Waals surface area (Å²) < 4.78 is 0. The number of hydrogen-bond donors (Lipinski definition) is 1. The third-order valence-electron chi connectivity index (χ3n) is 3.81. The molecule has 0 unspecified atom stereocenters. The molecule has 2 amide bonds. The molecule has 1 N–H and O–H groups in total. The number of nitrogens with zero attached hydrogens (tertiary/aromatic N) is 2. The van der Waals surface area contributed by atoms with Crippen LogP contribution in [0.25, 0.3) is 0 Å². The van der Waals surface area contributed by atoms with Gasteiger partial charge >= 0.3 is 0 Å². The Balaban J connectivity index is 2.78. The van der Waals surface area contributed by atoms with E-state index in [1.54, 1.807) is 36.4 Å². The van der Waals surface area contributed by atoms with E-state index < -0.39 is 0 Å². The van der Waals surface area contributed by atoms with Crippen LogP contribution >= 0.6 is 0 Å². The van der Waals surface area contributed by atoms with Crippen LogP contribution in [0.15, 0.2) is 49.6 Å². The molecule has 0 bridgehead atoms. The molecular formula is C21H31N3O2. The minimum Gasteiger partial charge on any atom is -0.339 e.